The van der Waals surface area contributed by atoms with Crippen molar-refractivity contribution < 1.29 is 14.6 Å². The Labute approximate surface area is 83.1 Å². The van der Waals surface area contributed by atoms with Crippen molar-refractivity contribution in [1.29, 1.82) is 0 Å². The van der Waals surface area contributed by atoms with Crippen LogP contribution in [-0.4, -0.2) is 17.2 Å². The molecule has 3 unspecified atom stereocenters. The van der Waals surface area contributed by atoms with Crippen molar-refractivity contribution in [1.82, 2.24) is 0 Å². The van der Waals surface area contributed by atoms with Crippen LogP contribution >= 0.6 is 0 Å². The Bertz CT molecular complexity index is 293. The van der Waals surface area contributed by atoms with E-state index >= 15 is 0 Å². The van der Waals surface area contributed by atoms with Crippen LogP contribution in [0, 0.1) is 11.8 Å². The van der Waals surface area contributed by atoms with Crippen molar-refractivity contribution in [3.63, 3.8) is 0 Å². The number of carboxylic acid groups (broad SMARTS) is 1. The highest BCUT2D eigenvalue weighted by molar-refractivity contribution is 5.73. The predicted octanol–water partition coefficient (Wildman–Crippen LogP) is 1.96. The highest BCUT2D eigenvalue weighted by Crippen LogP contribution is 2.46. The zero-order chi connectivity index (χ0) is 10.1. The Kier molecular flexibility index (Phi) is 2.32. The van der Waals surface area contributed by atoms with E-state index in [9.17, 15) is 4.79 Å². The van der Waals surface area contributed by atoms with Crippen LogP contribution < -0.4 is 0 Å². The van der Waals surface area contributed by atoms with E-state index in [2.05, 4.69) is 12.7 Å². The number of hydrogen-bond donors (Lipinski definition) is 1. The first kappa shape index (κ1) is 9.31. The molecule has 0 heterocycles. The molecule has 2 bridgehead atoms. The molecule has 1 saturated carbocycles. The van der Waals surface area contributed by atoms with Gasteiger partial charge in [-0.3, -0.25) is 0 Å². The third-order valence-electron chi connectivity index (χ3n) is 3.21. The van der Waals surface area contributed by atoms with Crippen molar-refractivity contribution in [3.05, 3.63) is 24.5 Å². The largest absolute Gasteiger partial charge is 0.487 e. The second-order valence-corrected chi connectivity index (χ2v) is 3.99. The van der Waals surface area contributed by atoms with Crippen LogP contribution in [0.2, 0.25) is 0 Å². The molecule has 1 N–H and O–H groups in total. The van der Waals surface area contributed by atoms with Crippen LogP contribution in [0.5, 0.6) is 0 Å². The molecule has 0 aromatic carbocycles. The summed E-state index contributed by atoms with van der Waals surface area (Å²) in [6, 6.07) is 0. The average molecular weight is 194 g/mol. The number of carboxylic acids is 1. The third-order valence-corrected chi connectivity index (χ3v) is 3.21. The fourth-order valence-corrected chi connectivity index (χ4v) is 2.58. The van der Waals surface area contributed by atoms with E-state index < -0.39 is 12.1 Å². The van der Waals surface area contributed by atoms with E-state index in [4.69, 9.17) is 9.84 Å². The molecule has 2 rings (SSSR count). The summed E-state index contributed by atoms with van der Waals surface area (Å²) in [6.45, 7) is 3.42. The van der Waals surface area contributed by atoms with E-state index in [0.717, 1.165) is 19.3 Å². The second-order valence-electron chi connectivity index (χ2n) is 3.99. The molecule has 3 heteroatoms. The van der Waals surface area contributed by atoms with E-state index in [-0.39, 0.29) is 5.92 Å². The van der Waals surface area contributed by atoms with Crippen molar-refractivity contribution in [2.75, 3.05) is 0 Å². The van der Waals surface area contributed by atoms with Crippen LogP contribution in [0.15, 0.2) is 24.5 Å². The van der Waals surface area contributed by atoms with Crippen molar-refractivity contribution >= 4 is 5.97 Å². The topological polar surface area (TPSA) is 46.5 Å². The molecule has 0 saturated heterocycles. The summed E-state index contributed by atoms with van der Waals surface area (Å²) < 4.78 is 5.08. The first-order valence-corrected chi connectivity index (χ1v) is 4.89. The lowest BCUT2D eigenvalue weighted by atomic mass is 9.87. The van der Waals surface area contributed by atoms with Gasteiger partial charge in [0.05, 0.1) is 6.26 Å². The minimum Gasteiger partial charge on any atom is -0.487 e. The maximum atomic E-state index is 11.0. The lowest BCUT2D eigenvalue weighted by Crippen LogP contribution is -2.33. The Hall–Kier alpha value is -1.25. The molecule has 3 atom stereocenters. The average Bonchev–Trinajstić information content (AvgIpc) is 2.74. The summed E-state index contributed by atoms with van der Waals surface area (Å²) in [7, 11) is 0. The zero-order valence-corrected chi connectivity index (χ0v) is 7.98. The lowest BCUT2D eigenvalue weighted by Gasteiger charge is -2.24. The standard InChI is InChI=1S/C11H14O3/c1-2-14-10(11(12)13)9-6-7-3-4-8(9)5-7/h2-3,8-10H,1,4-6H2,(H,12,13). The molecule has 3 nitrogen and oxygen atoms in total. The highest BCUT2D eigenvalue weighted by atomic mass is 16.5. The van der Waals surface area contributed by atoms with Crippen LogP contribution in [0.1, 0.15) is 19.3 Å². The minimum atomic E-state index is -0.872. The number of hydrogen-bond acceptors (Lipinski definition) is 2. The van der Waals surface area contributed by atoms with Gasteiger partial charge in [-0.2, -0.15) is 0 Å². The molecule has 2 aliphatic rings. The van der Waals surface area contributed by atoms with Gasteiger partial charge >= 0.3 is 5.97 Å². The van der Waals surface area contributed by atoms with Gasteiger partial charge in [0.15, 0.2) is 6.10 Å². The molecule has 0 aliphatic heterocycles. The van der Waals surface area contributed by atoms with Crippen LogP contribution in [-0.2, 0) is 9.53 Å². The Balaban J connectivity index is 2.09. The monoisotopic (exact) mass is 194 g/mol. The fraction of sp³-hybridized carbons (Fsp3) is 0.545. The summed E-state index contributed by atoms with van der Waals surface area (Å²) in [5.74, 6) is -0.250. The Morgan fingerprint density at radius 1 is 1.71 bits per heavy atom. The van der Waals surface area contributed by atoms with Gasteiger partial charge in [0.2, 0.25) is 0 Å². The number of rotatable bonds is 4. The van der Waals surface area contributed by atoms with Crippen molar-refractivity contribution in [3.8, 4) is 0 Å². The van der Waals surface area contributed by atoms with E-state index in [1.165, 1.54) is 11.8 Å². The molecule has 0 radical (unpaired) electrons. The molecule has 0 aromatic rings. The van der Waals surface area contributed by atoms with Crippen molar-refractivity contribution in [2.45, 2.75) is 25.4 Å². The summed E-state index contributed by atoms with van der Waals surface area (Å²) in [6.07, 6.45) is 5.73. The van der Waals surface area contributed by atoms with E-state index in [0.29, 0.717) is 5.92 Å². The number of carbonyl (C=O) groups is 1. The first-order valence-electron chi connectivity index (χ1n) is 4.89. The second kappa shape index (κ2) is 3.48. The molecule has 0 aromatic heterocycles. The van der Waals surface area contributed by atoms with Gasteiger partial charge < -0.3 is 9.84 Å². The molecular weight excluding hydrogens is 180 g/mol. The van der Waals surface area contributed by atoms with Crippen molar-refractivity contribution in [2.24, 2.45) is 11.8 Å². The Morgan fingerprint density at radius 3 is 2.93 bits per heavy atom. The van der Waals surface area contributed by atoms with Gasteiger partial charge in [0, 0.05) is 5.92 Å². The molecular formula is C11H14O3. The summed E-state index contributed by atoms with van der Waals surface area (Å²) >= 11 is 0. The quantitative estimate of drug-likeness (QED) is 0.549. The van der Waals surface area contributed by atoms with Crippen LogP contribution in [0.25, 0.3) is 0 Å². The van der Waals surface area contributed by atoms with Crippen LogP contribution in [0.3, 0.4) is 0 Å². The molecule has 0 spiro atoms. The summed E-state index contributed by atoms with van der Waals surface area (Å²) in [5.41, 5.74) is 1.40. The summed E-state index contributed by atoms with van der Waals surface area (Å²) in [5, 5.41) is 9.00. The number of allylic oxidation sites excluding steroid dienone is 2. The normalized spacial score (nSPS) is 31.0. The SMILES string of the molecule is C=COC(C(=O)O)C1CC2=CCC1C2. The van der Waals surface area contributed by atoms with Gasteiger partial charge in [0.1, 0.15) is 0 Å². The molecule has 1 fully saturated rings. The van der Waals surface area contributed by atoms with Gasteiger partial charge in [-0.05, 0) is 25.2 Å². The number of fused-ring (bicyclic) bond motifs is 2. The van der Waals surface area contributed by atoms with Crippen LogP contribution in [0.4, 0.5) is 0 Å². The van der Waals surface area contributed by atoms with Gasteiger partial charge in [-0.25, -0.2) is 4.79 Å². The minimum absolute atomic E-state index is 0.144. The Morgan fingerprint density at radius 2 is 2.50 bits per heavy atom. The number of aliphatic carboxylic acids is 1. The number of ether oxygens (including phenoxy) is 1. The third kappa shape index (κ3) is 1.43. The molecule has 14 heavy (non-hydrogen) atoms. The van der Waals surface area contributed by atoms with E-state index in [1.54, 1.807) is 0 Å². The molecule has 2 aliphatic carbocycles. The van der Waals surface area contributed by atoms with Gasteiger partial charge in [-0.1, -0.05) is 18.2 Å². The zero-order valence-electron chi connectivity index (χ0n) is 7.98. The lowest BCUT2D eigenvalue weighted by molar-refractivity contribution is -0.151. The maximum absolute atomic E-state index is 11.0. The van der Waals surface area contributed by atoms with E-state index in [1.807, 2.05) is 0 Å². The molecule has 0 amide bonds. The fourth-order valence-electron chi connectivity index (χ4n) is 2.58. The summed E-state index contributed by atoms with van der Waals surface area (Å²) in [4.78, 5) is 11.0. The maximum Gasteiger partial charge on any atom is 0.345 e. The molecule has 76 valence electrons. The predicted molar refractivity (Wildman–Crippen MR) is 51.6 cm³/mol. The smallest absolute Gasteiger partial charge is 0.345 e. The first-order chi connectivity index (χ1) is 6.72. The highest BCUT2D eigenvalue weighted by Gasteiger charge is 2.42. The van der Waals surface area contributed by atoms with Gasteiger partial charge in [-0.15, -0.1) is 0 Å². The van der Waals surface area contributed by atoms with Gasteiger partial charge in [0.25, 0.3) is 0 Å².